The van der Waals surface area contributed by atoms with Crippen molar-refractivity contribution in [1.82, 2.24) is 10.2 Å². The lowest BCUT2D eigenvalue weighted by molar-refractivity contribution is -0.138. The molecule has 2 aliphatic rings. The van der Waals surface area contributed by atoms with Crippen LogP contribution in [0.15, 0.2) is 24.3 Å². The summed E-state index contributed by atoms with van der Waals surface area (Å²) in [6.45, 7) is 0.692. The molecule has 5 heteroatoms. The second-order valence-electron chi connectivity index (χ2n) is 7.22. The van der Waals surface area contributed by atoms with Crippen LogP contribution in [-0.2, 0) is 16.0 Å². The first kappa shape index (κ1) is 18.2. The van der Waals surface area contributed by atoms with E-state index in [2.05, 4.69) is 5.32 Å². The molecule has 2 fully saturated rings. The lowest BCUT2D eigenvalue weighted by atomic mass is 9.95. The fourth-order valence-electron chi connectivity index (χ4n) is 3.97. The standard InChI is InChI=1S/C20H27ClN2O2/c21-16-7-4-6-15(14-16)11-12-19(24)23-13-5-10-18(23)20(25)22-17-8-2-1-3-9-17/h4,6-7,14,17-18H,1-3,5,8-13H2,(H,22,25). The van der Waals surface area contributed by atoms with Crippen LogP contribution >= 0.6 is 11.6 Å². The number of carbonyl (C=O) groups is 2. The van der Waals surface area contributed by atoms with Gasteiger partial charge in [0, 0.05) is 24.0 Å². The number of carbonyl (C=O) groups excluding carboxylic acids is 2. The number of aryl methyl sites for hydroxylation is 1. The van der Waals surface area contributed by atoms with Gasteiger partial charge in [-0.05, 0) is 49.8 Å². The highest BCUT2D eigenvalue weighted by atomic mass is 35.5. The zero-order chi connectivity index (χ0) is 17.6. The van der Waals surface area contributed by atoms with Gasteiger partial charge in [-0.25, -0.2) is 0 Å². The van der Waals surface area contributed by atoms with Crippen LogP contribution in [0.5, 0.6) is 0 Å². The number of benzene rings is 1. The van der Waals surface area contributed by atoms with E-state index >= 15 is 0 Å². The summed E-state index contributed by atoms with van der Waals surface area (Å²) in [6, 6.07) is 7.62. The van der Waals surface area contributed by atoms with Crippen LogP contribution in [0.4, 0.5) is 0 Å². The number of nitrogens with zero attached hydrogens (tertiary/aromatic N) is 1. The minimum Gasteiger partial charge on any atom is -0.352 e. The first-order valence-electron chi connectivity index (χ1n) is 9.48. The summed E-state index contributed by atoms with van der Waals surface area (Å²) >= 11 is 6.00. The van der Waals surface area contributed by atoms with Crippen LogP contribution in [0, 0.1) is 0 Å². The number of halogens is 1. The molecule has 0 spiro atoms. The van der Waals surface area contributed by atoms with Crippen LogP contribution < -0.4 is 5.32 Å². The largest absolute Gasteiger partial charge is 0.352 e. The summed E-state index contributed by atoms with van der Waals surface area (Å²) in [5.41, 5.74) is 1.06. The molecule has 25 heavy (non-hydrogen) atoms. The van der Waals surface area contributed by atoms with E-state index in [1.807, 2.05) is 24.3 Å². The van der Waals surface area contributed by atoms with Crippen LogP contribution in [0.2, 0.25) is 5.02 Å². The maximum absolute atomic E-state index is 12.6. The molecule has 0 aromatic heterocycles. The first-order chi connectivity index (χ1) is 12.1. The van der Waals surface area contributed by atoms with E-state index in [9.17, 15) is 9.59 Å². The van der Waals surface area contributed by atoms with Crippen molar-refractivity contribution in [3.05, 3.63) is 34.9 Å². The Labute approximate surface area is 154 Å². The lowest BCUT2D eigenvalue weighted by Gasteiger charge is -2.28. The molecule has 1 unspecified atom stereocenters. The normalized spacial score (nSPS) is 21.3. The predicted molar refractivity (Wildman–Crippen MR) is 99.5 cm³/mol. The average molecular weight is 363 g/mol. The molecule has 0 bridgehead atoms. The molecule has 1 saturated heterocycles. The highest BCUT2D eigenvalue weighted by Crippen LogP contribution is 2.22. The quantitative estimate of drug-likeness (QED) is 0.867. The second-order valence-corrected chi connectivity index (χ2v) is 7.66. The van der Waals surface area contributed by atoms with E-state index in [1.165, 1.54) is 19.3 Å². The van der Waals surface area contributed by atoms with Gasteiger partial charge in [0.1, 0.15) is 6.04 Å². The monoisotopic (exact) mass is 362 g/mol. The topological polar surface area (TPSA) is 49.4 Å². The van der Waals surface area contributed by atoms with Gasteiger partial charge in [-0.3, -0.25) is 9.59 Å². The third-order valence-electron chi connectivity index (χ3n) is 5.34. The van der Waals surface area contributed by atoms with Gasteiger partial charge in [0.05, 0.1) is 0 Å². The Kier molecular flexibility index (Phi) is 6.35. The van der Waals surface area contributed by atoms with Crippen LogP contribution in [0.25, 0.3) is 0 Å². The number of amides is 2. The van der Waals surface area contributed by atoms with Crippen molar-refractivity contribution < 1.29 is 9.59 Å². The maximum atomic E-state index is 12.6. The Hall–Kier alpha value is -1.55. The Balaban J connectivity index is 1.53. The van der Waals surface area contributed by atoms with Gasteiger partial charge in [-0.2, -0.15) is 0 Å². The number of rotatable bonds is 5. The van der Waals surface area contributed by atoms with E-state index in [-0.39, 0.29) is 17.9 Å². The van der Waals surface area contributed by atoms with Crippen molar-refractivity contribution >= 4 is 23.4 Å². The Bertz CT molecular complexity index is 613. The number of likely N-dealkylation sites (tertiary alicyclic amines) is 1. The number of hydrogen-bond acceptors (Lipinski definition) is 2. The smallest absolute Gasteiger partial charge is 0.243 e. The van der Waals surface area contributed by atoms with E-state index in [0.717, 1.165) is 31.2 Å². The summed E-state index contributed by atoms with van der Waals surface area (Å²) in [7, 11) is 0. The fraction of sp³-hybridized carbons (Fsp3) is 0.600. The van der Waals surface area contributed by atoms with Crippen molar-refractivity contribution in [2.24, 2.45) is 0 Å². The number of nitrogens with one attached hydrogen (secondary N) is 1. The van der Waals surface area contributed by atoms with E-state index in [0.29, 0.717) is 30.5 Å². The van der Waals surface area contributed by atoms with Crippen LogP contribution in [-0.4, -0.2) is 35.3 Å². The molecule has 1 aliphatic carbocycles. The summed E-state index contributed by atoms with van der Waals surface area (Å²) in [4.78, 5) is 27.0. The summed E-state index contributed by atoms with van der Waals surface area (Å²) in [5, 5.41) is 3.87. The zero-order valence-corrected chi connectivity index (χ0v) is 15.4. The van der Waals surface area contributed by atoms with Crippen molar-refractivity contribution in [2.75, 3.05) is 6.54 Å². The van der Waals surface area contributed by atoms with Gasteiger partial charge in [0.25, 0.3) is 0 Å². The Morgan fingerprint density at radius 2 is 1.92 bits per heavy atom. The molecule has 1 N–H and O–H groups in total. The molecule has 1 saturated carbocycles. The molecule has 1 atom stereocenters. The molecule has 1 aromatic rings. The van der Waals surface area contributed by atoms with Crippen molar-refractivity contribution in [1.29, 1.82) is 0 Å². The van der Waals surface area contributed by atoms with Gasteiger partial charge in [0.2, 0.25) is 11.8 Å². The van der Waals surface area contributed by atoms with Gasteiger partial charge in [-0.1, -0.05) is 43.0 Å². The van der Waals surface area contributed by atoms with E-state index in [1.54, 1.807) is 4.90 Å². The zero-order valence-electron chi connectivity index (χ0n) is 14.7. The highest BCUT2D eigenvalue weighted by molar-refractivity contribution is 6.30. The Morgan fingerprint density at radius 1 is 1.12 bits per heavy atom. The molecule has 1 aromatic carbocycles. The third-order valence-corrected chi connectivity index (χ3v) is 5.58. The van der Waals surface area contributed by atoms with Crippen LogP contribution in [0.1, 0.15) is 56.9 Å². The predicted octanol–water partition coefficient (Wildman–Crippen LogP) is 3.71. The summed E-state index contributed by atoms with van der Waals surface area (Å²) in [5.74, 6) is 0.113. The first-order valence-corrected chi connectivity index (χ1v) is 9.85. The molecular formula is C20H27ClN2O2. The van der Waals surface area contributed by atoms with E-state index in [4.69, 9.17) is 11.6 Å². The minimum atomic E-state index is -0.284. The SMILES string of the molecule is O=C(NC1CCCCC1)C1CCCN1C(=O)CCc1cccc(Cl)c1. The lowest BCUT2D eigenvalue weighted by Crippen LogP contribution is -2.49. The molecule has 0 radical (unpaired) electrons. The molecular weight excluding hydrogens is 336 g/mol. The Morgan fingerprint density at radius 3 is 2.68 bits per heavy atom. The summed E-state index contributed by atoms with van der Waals surface area (Å²) < 4.78 is 0. The van der Waals surface area contributed by atoms with Gasteiger partial charge >= 0.3 is 0 Å². The van der Waals surface area contributed by atoms with Gasteiger partial charge in [-0.15, -0.1) is 0 Å². The maximum Gasteiger partial charge on any atom is 0.243 e. The van der Waals surface area contributed by atoms with Gasteiger partial charge in [0.15, 0.2) is 0 Å². The second kappa shape index (κ2) is 8.70. The molecule has 3 rings (SSSR count). The highest BCUT2D eigenvalue weighted by Gasteiger charge is 2.34. The van der Waals surface area contributed by atoms with Crippen molar-refractivity contribution in [3.8, 4) is 0 Å². The molecule has 1 heterocycles. The van der Waals surface area contributed by atoms with E-state index < -0.39 is 0 Å². The number of hydrogen-bond donors (Lipinski definition) is 1. The third kappa shape index (κ3) is 4.97. The van der Waals surface area contributed by atoms with Gasteiger partial charge < -0.3 is 10.2 Å². The van der Waals surface area contributed by atoms with Crippen molar-refractivity contribution in [2.45, 2.75) is 69.9 Å². The molecule has 1 aliphatic heterocycles. The minimum absolute atomic E-state index is 0.0421. The summed E-state index contributed by atoms with van der Waals surface area (Å²) in [6.07, 6.45) is 8.57. The van der Waals surface area contributed by atoms with Crippen LogP contribution in [0.3, 0.4) is 0 Å². The molecule has 4 nitrogen and oxygen atoms in total. The molecule has 136 valence electrons. The average Bonchev–Trinajstić information content (AvgIpc) is 3.11. The molecule has 2 amide bonds. The van der Waals surface area contributed by atoms with Crippen molar-refractivity contribution in [3.63, 3.8) is 0 Å². The fourth-order valence-corrected chi connectivity index (χ4v) is 4.18.